The maximum atomic E-state index is 11.3. The van der Waals surface area contributed by atoms with Gasteiger partial charge in [-0.1, -0.05) is 49.7 Å². The van der Waals surface area contributed by atoms with Crippen molar-refractivity contribution in [3.63, 3.8) is 0 Å². The molecule has 0 bridgehead atoms. The van der Waals surface area contributed by atoms with Gasteiger partial charge in [0.05, 0.1) is 6.61 Å². The molecule has 2 N–H and O–H groups in total. The van der Waals surface area contributed by atoms with E-state index in [9.17, 15) is 4.79 Å². The highest BCUT2D eigenvalue weighted by Gasteiger charge is 2.38. The molecule has 142 valence electrons. The Morgan fingerprint density at radius 3 is 2.12 bits per heavy atom. The highest BCUT2D eigenvalue weighted by Crippen LogP contribution is 2.45. The minimum absolute atomic E-state index is 0.000417. The summed E-state index contributed by atoms with van der Waals surface area (Å²) in [4.78, 5) is 13.3. The first-order valence-corrected chi connectivity index (χ1v) is 9.05. The Kier molecular flexibility index (Phi) is 11.6. The third kappa shape index (κ3) is 12.2. The number of hydrogen-bond acceptors (Lipinski definition) is 4. The minimum Gasteiger partial charge on any atom is -0.488 e. The number of hydrogen-bond donors (Lipinski definition) is 1. The predicted molar refractivity (Wildman–Crippen MR) is 106 cm³/mol. The zero-order valence-electron chi connectivity index (χ0n) is 16.8. The van der Waals surface area contributed by atoms with Gasteiger partial charge in [-0.2, -0.15) is 0 Å². The second-order valence-corrected chi connectivity index (χ2v) is 6.79. The fourth-order valence-electron chi connectivity index (χ4n) is 1.67. The van der Waals surface area contributed by atoms with Crippen LogP contribution in [-0.2, 0) is 9.53 Å². The number of benzene rings is 1. The number of ketones is 1. The summed E-state index contributed by atoms with van der Waals surface area (Å²) in [5.74, 6) is 0.479. The third-order valence-electron chi connectivity index (χ3n) is 3.80. The lowest BCUT2D eigenvalue weighted by atomic mass is 10.2. The lowest BCUT2D eigenvalue weighted by molar-refractivity contribution is -0.117. The molecule has 1 aliphatic carbocycles. The van der Waals surface area contributed by atoms with Crippen LogP contribution in [0.15, 0.2) is 42.3 Å². The van der Waals surface area contributed by atoms with Crippen LogP contribution in [0, 0.1) is 12.3 Å². The molecular weight excluding hydrogens is 312 g/mol. The average Bonchev–Trinajstić information content (AvgIpc) is 3.31. The molecule has 25 heavy (non-hydrogen) atoms. The third-order valence-corrected chi connectivity index (χ3v) is 3.80. The number of rotatable bonds is 6. The maximum absolute atomic E-state index is 11.3. The van der Waals surface area contributed by atoms with Crippen molar-refractivity contribution in [2.24, 2.45) is 11.1 Å². The molecule has 1 saturated carbocycles. The molecule has 0 heterocycles. The van der Waals surface area contributed by atoms with Crippen LogP contribution in [0.2, 0.25) is 0 Å². The van der Waals surface area contributed by atoms with Crippen molar-refractivity contribution < 1.29 is 9.53 Å². The molecule has 1 aromatic rings. The van der Waals surface area contributed by atoms with Crippen molar-refractivity contribution in [3.05, 3.63) is 47.9 Å². The SMILES string of the molecule is CCN.CCN(C)/C=C(/OCC1(C)CC1)C(C)=O.Cc1ccccc1. The lowest BCUT2D eigenvalue weighted by Crippen LogP contribution is -2.16. The van der Waals surface area contributed by atoms with Gasteiger partial charge in [0.1, 0.15) is 0 Å². The number of carbonyl (C=O) groups excluding carboxylic acids is 1. The number of Topliss-reactive ketones (excluding diaryl/α,β-unsaturated/α-hetero) is 1. The summed E-state index contributed by atoms with van der Waals surface area (Å²) in [5, 5.41) is 0. The van der Waals surface area contributed by atoms with E-state index in [1.807, 2.05) is 44.0 Å². The molecule has 0 aromatic heterocycles. The van der Waals surface area contributed by atoms with E-state index in [1.54, 1.807) is 13.1 Å². The Balaban J connectivity index is 0.000000475. The molecule has 1 aliphatic rings. The molecule has 1 fully saturated rings. The minimum atomic E-state index is -0.000417. The fourth-order valence-corrected chi connectivity index (χ4v) is 1.67. The fraction of sp³-hybridized carbons (Fsp3) is 0.571. The molecule has 4 heteroatoms. The van der Waals surface area contributed by atoms with Gasteiger partial charge >= 0.3 is 0 Å². The van der Waals surface area contributed by atoms with Crippen LogP contribution in [0.4, 0.5) is 0 Å². The van der Waals surface area contributed by atoms with E-state index < -0.39 is 0 Å². The summed E-state index contributed by atoms with van der Waals surface area (Å²) in [6, 6.07) is 10.3. The average molecular weight is 349 g/mol. The first kappa shape index (κ1) is 23.2. The van der Waals surface area contributed by atoms with Crippen molar-refractivity contribution in [1.82, 2.24) is 4.90 Å². The van der Waals surface area contributed by atoms with Crippen LogP contribution in [0.1, 0.15) is 46.1 Å². The molecular formula is C21H36N2O2. The van der Waals surface area contributed by atoms with E-state index in [0.29, 0.717) is 17.8 Å². The van der Waals surface area contributed by atoms with Gasteiger partial charge in [-0.15, -0.1) is 0 Å². The summed E-state index contributed by atoms with van der Waals surface area (Å²) in [6.45, 7) is 12.0. The number of carbonyl (C=O) groups is 1. The van der Waals surface area contributed by atoms with E-state index in [4.69, 9.17) is 10.5 Å². The van der Waals surface area contributed by atoms with Crippen molar-refractivity contribution >= 4 is 5.78 Å². The van der Waals surface area contributed by atoms with Crippen LogP contribution >= 0.6 is 0 Å². The molecule has 0 aliphatic heterocycles. The first-order chi connectivity index (χ1) is 11.8. The molecule has 0 radical (unpaired) electrons. The maximum Gasteiger partial charge on any atom is 0.195 e. The van der Waals surface area contributed by atoms with E-state index in [-0.39, 0.29) is 5.78 Å². The van der Waals surface area contributed by atoms with Gasteiger partial charge in [0.2, 0.25) is 0 Å². The van der Waals surface area contributed by atoms with Gasteiger partial charge in [0.25, 0.3) is 0 Å². The van der Waals surface area contributed by atoms with E-state index in [0.717, 1.165) is 13.1 Å². The zero-order valence-corrected chi connectivity index (χ0v) is 16.8. The second-order valence-electron chi connectivity index (χ2n) is 6.79. The van der Waals surface area contributed by atoms with E-state index in [2.05, 4.69) is 26.0 Å². The van der Waals surface area contributed by atoms with Crippen molar-refractivity contribution in [1.29, 1.82) is 0 Å². The van der Waals surface area contributed by atoms with Crippen LogP contribution in [0.3, 0.4) is 0 Å². The standard InChI is InChI=1S/C12H21NO2.C7H8.C2H7N/c1-5-13(4)8-11(10(2)14)15-9-12(3)6-7-12;1-7-5-3-2-4-6-7;1-2-3/h8H,5-7,9H2,1-4H3;2-6H,1H3;2-3H2,1H3/b11-8+;;. The van der Waals surface area contributed by atoms with Gasteiger partial charge in [0, 0.05) is 32.1 Å². The monoisotopic (exact) mass is 348 g/mol. The van der Waals surface area contributed by atoms with Gasteiger partial charge in [-0.3, -0.25) is 4.79 Å². The van der Waals surface area contributed by atoms with Crippen LogP contribution in [0.5, 0.6) is 0 Å². The van der Waals surface area contributed by atoms with Gasteiger partial charge in [-0.25, -0.2) is 0 Å². The number of allylic oxidation sites excluding steroid dienone is 1. The van der Waals surface area contributed by atoms with Gasteiger partial charge in [-0.05, 0) is 33.2 Å². The second kappa shape index (κ2) is 12.5. The first-order valence-electron chi connectivity index (χ1n) is 9.05. The largest absolute Gasteiger partial charge is 0.488 e. The summed E-state index contributed by atoms with van der Waals surface area (Å²) in [7, 11) is 1.94. The van der Waals surface area contributed by atoms with Crippen LogP contribution < -0.4 is 5.73 Å². The highest BCUT2D eigenvalue weighted by molar-refractivity contribution is 5.91. The Hall–Kier alpha value is -1.81. The Morgan fingerprint density at radius 1 is 1.28 bits per heavy atom. The summed E-state index contributed by atoms with van der Waals surface area (Å²) in [6.07, 6.45) is 4.21. The summed E-state index contributed by atoms with van der Waals surface area (Å²) < 4.78 is 5.57. The molecule has 0 unspecified atom stereocenters. The number of aryl methyl sites for hydroxylation is 1. The smallest absolute Gasteiger partial charge is 0.195 e. The molecule has 0 spiro atoms. The molecule has 0 atom stereocenters. The Bertz CT molecular complexity index is 508. The Morgan fingerprint density at radius 2 is 1.80 bits per heavy atom. The topological polar surface area (TPSA) is 55.6 Å². The zero-order chi connectivity index (χ0) is 19.3. The van der Waals surface area contributed by atoms with Gasteiger partial charge < -0.3 is 15.4 Å². The quantitative estimate of drug-likeness (QED) is 0.620. The van der Waals surface area contributed by atoms with Crippen LogP contribution in [-0.4, -0.2) is 37.4 Å². The summed E-state index contributed by atoms with van der Waals surface area (Å²) >= 11 is 0. The van der Waals surface area contributed by atoms with Gasteiger partial charge in [0.15, 0.2) is 11.5 Å². The molecule has 0 saturated heterocycles. The molecule has 4 nitrogen and oxygen atoms in total. The molecule has 1 aromatic carbocycles. The van der Waals surface area contributed by atoms with E-state index in [1.165, 1.54) is 18.4 Å². The predicted octanol–water partition coefficient (Wildman–Crippen LogP) is 4.15. The molecule has 0 amide bonds. The van der Waals surface area contributed by atoms with Crippen molar-refractivity contribution in [2.45, 2.75) is 47.5 Å². The van der Waals surface area contributed by atoms with E-state index >= 15 is 0 Å². The highest BCUT2D eigenvalue weighted by atomic mass is 16.5. The normalized spacial score (nSPS) is 14.3. The molecule has 2 rings (SSSR count). The van der Waals surface area contributed by atoms with Crippen molar-refractivity contribution in [3.8, 4) is 0 Å². The summed E-state index contributed by atoms with van der Waals surface area (Å²) in [5.41, 5.74) is 6.49. The lowest BCUT2D eigenvalue weighted by Gasteiger charge is -2.16. The number of nitrogens with zero attached hydrogens (tertiary/aromatic N) is 1. The number of ether oxygens (including phenoxy) is 1. The van der Waals surface area contributed by atoms with Crippen LogP contribution in [0.25, 0.3) is 0 Å². The Labute approximate surface area is 154 Å². The van der Waals surface area contributed by atoms with Crippen molar-refractivity contribution in [2.75, 3.05) is 26.7 Å². The number of nitrogens with two attached hydrogens (primary N) is 1.